The smallest absolute Gasteiger partial charge is 0.286 e. The third-order valence-corrected chi connectivity index (χ3v) is 2.42. The Morgan fingerprint density at radius 3 is 2.47 bits per heavy atom. The normalized spacial score (nSPS) is 39.4. The zero-order valence-electron chi connectivity index (χ0n) is 9.21. The highest BCUT2D eigenvalue weighted by atomic mass is 16.7. The maximum Gasteiger partial charge on any atom is 0.286 e. The van der Waals surface area contributed by atoms with Crippen molar-refractivity contribution >= 4 is 0 Å². The van der Waals surface area contributed by atoms with E-state index in [-0.39, 0.29) is 4.86 Å². The predicted molar refractivity (Wildman–Crippen MR) is 51.7 cm³/mol. The molecule has 1 rings (SSSR count). The van der Waals surface area contributed by atoms with E-state index in [1.54, 1.807) is 0 Å². The minimum Gasteiger partial charge on any atom is -0.598 e. The molecule has 0 amide bonds. The van der Waals surface area contributed by atoms with Crippen molar-refractivity contribution in [2.75, 3.05) is 20.4 Å². The van der Waals surface area contributed by atoms with Gasteiger partial charge < -0.3 is 30.4 Å². The maximum atomic E-state index is 10.8. The molecule has 0 aromatic heterocycles. The number of hydrogen-bond acceptors (Lipinski definition) is 8. The molecule has 0 aromatic rings. The summed E-state index contributed by atoms with van der Waals surface area (Å²) in [6, 6.07) is 0. The van der Waals surface area contributed by atoms with Crippen LogP contribution >= 0.6 is 0 Å². The van der Waals surface area contributed by atoms with Gasteiger partial charge in [0.05, 0.1) is 13.7 Å². The average molecular weight is 252 g/mol. The van der Waals surface area contributed by atoms with Crippen LogP contribution in [0.15, 0.2) is 5.11 Å². The van der Waals surface area contributed by atoms with Gasteiger partial charge in [0.2, 0.25) is 0 Å². The van der Waals surface area contributed by atoms with E-state index in [2.05, 4.69) is 5.11 Å². The highest BCUT2D eigenvalue weighted by Gasteiger charge is 2.44. The van der Waals surface area contributed by atoms with Crippen LogP contribution in [0.1, 0.15) is 0 Å². The van der Waals surface area contributed by atoms with Crippen LogP contribution in [0.2, 0.25) is 0 Å². The van der Waals surface area contributed by atoms with E-state index in [0.29, 0.717) is 0 Å². The molecule has 1 aliphatic heterocycles. The van der Waals surface area contributed by atoms with Crippen molar-refractivity contribution in [3.8, 4) is 0 Å². The van der Waals surface area contributed by atoms with E-state index < -0.39 is 44.0 Å². The van der Waals surface area contributed by atoms with Crippen LogP contribution in [0.25, 0.3) is 0 Å². The lowest BCUT2D eigenvalue weighted by Crippen LogP contribution is -2.59. The Morgan fingerprint density at radius 2 is 1.94 bits per heavy atom. The van der Waals surface area contributed by atoms with Crippen molar-refractivity contribution in [1.82, 2.24) is 0 Å². The first-order valence-electron chi connectivity index (χ1n) is 4.97. The minimum absolute atomic E-state index is 0.210. The quantitative estimate of drug-likeness (QED) is 0.185. The second-order valence-electron chi connectivity index (χ2n) is 3.55. The third-order valence-electron chi connectivity index (χ3n) is 2.42. The lowest BCUT2D eigenvalue weighted by molar-refractivity contribution is -0.580. The zero-order chi connectivity index (χ0) is 13.0. The number of rotatable bonds is 4. The summed E-state index contributed by atoms with van der Waals surface area (Å²) in [7, 11) is 1.25. The van der Waals surface area contributed by atoms with E-state index >= 15 is 0 Å². The van der Waals surface area contributed by atoms with Gasteiger partial charge in [0.1, 0.15) is 24.4 Å². The van der Waals surface area contributed by atoms with Gasteiger partial charge in [-0.1, -0.05) is 4.86 Å². The van der Waals surface area contributed by atoms with E-state index in [9.17, 15) is 20.5 Å². The number of ether oxygens (including phenoxy) is 2. The van der Waals surface area contributed by atoms with Crippen LogP contribution in [0.4, 0.5) is 0 Å². The Morgan fingerprint density at radius 1 is 1.29 bits per heavy atom. The zero-order valence-corrected chi connectivity index (χ0v) is 9.21. The first-order chi connectivity index (χ1) is 8.01. The molecule has 9 heteroatoms. The van der Waals surface area contributed by atoms with Crippen molar-refractivity contribution in [2.24, 2.45) is 5.11 Å². The number of hydroxylamine groups is 1. The Kier molecular flexibility index (Phi) is 5.18. The van der Waals surface area contributed by atoms with Crippen LogP contribution in [-0.4, -0.2) is 76.4 Å². The van der Waals surface area contributed by atoms with Crippen molar-refractivity contribution in [1.29, 1.82) is 0 Å². The summed E-state index contributed by atoms with van der Waals surface area (Å²) in [6.07, 6.45) is -6.86. The second kappa shape index (κ2) is 6.19. The number of hydrogen-bond donors (Lipinski definition) is 4. The molecule has 9 nitrogen and oxygen atoms in total. The number of nitrogens with zero attached hydrogens (tertiary/aromatic N) is 2. The summed E-state index contributed by atoms with van der Waals surface area (Å²) in [5.74, 6) is 0. The summed E-state index contributed by atoms with van der Waals surface area (Å²) in [5.41, 5.74) is 0. The first-order valence-corrected chi connectivity index (χ1v) is 4.97. The molecule has 5 atom stereocenters. The molecule has 17 heavy (non-hydrogen) atoms. The van der Waals surface area contributed by atoms with Gasteiger partial charge in [-0.15, -0.1) is 0 Å². The van der Waals surface area contributed by atoms with Gasteiger partial charge in [-0.3, -0.25) is 4.74 Å². The summed E-state index contributed by atoms with van der Waals surface area (Å²) in [4.78, 5) is 0.210. The molecule has 1 heterocycles. The van der Waals surface area contributed by atoms with Gasteiger partial charge in [-0.2, -0.15) is 0 Å². The molecule has 0 saturated carbocycles. The van der Waals surface area contributed by atoms with E-state index in [4.69, 9.17) is 14.6 Å². The third kappa shape index (κ3) is 3.31. The SMILES string of the molecule is CN=[N+]([O-])CO[C@@H]1O[C@H](CO)[C@@H](O)[C@H](O)[C@H]1O. The molecule has 1 saturated heterocycles. The number of aliphatic hydroxyl groups is 4. The molecular weight excluding hydrogens is 236 g/mol. The van der Waals surface area contributed by atoms with Gasteiger partial charge in [0, 0.05) is 0 Å². The Labute approximate surface area is 97.1 Å². The number of azo groups is 1. The second-order valence-corrected chi connectivity index (χ2v) is 3.55. The Balaban J connectivity index is 2.59. The Hall–Kier alpha value is -0.840. The molecule has 1 fully saturated rings. The molecule has 0 spiro atoms. The van der Waals surface area contributed by atoms with Crippen molar-refractivity contribution in [3.05, 3.63) is 5.21 Å². The molecular formula is C8H16N2O7. The number of aliphatic hydroxyl groups excluding tert-OH is 4. The summed E-state index contributed by atoms with van der Waals surface area (Å²) in [5, 5.41) is 51.3. The highest BCUT2D eigenvalue weighted by molar-refractivity contribution is 4.88. The molecule has 1 aliphatic rings. The summed E-state index contributed by atoms with van der Waals surface area (Å²) < 4.78 is 9.85. The van der Waals surface area contributed by atoms with Crippen LogP contribution in [0.5, 0.6) is 0 Å². The molecule has 100 valence electrons. The monoisotopic (exact) mass is 252 g/mol. The van der Waals surface area contributed by atoms with Gasteiger partial charge >= 0.3 is 0 Å². The molecule has 0 unspecified atom stereocenters. The van der Waals surface area contributed by atoms with Crippen LogP contribution < -0.4 is 0 Å². The van der Waals surface area contributed by atoms with E-state index in [1.807, 2.05) is 0 Å². The molecule has 0 aliphatic carbocycles. The fraction of sp³-hybridized carbons (Fsp3) is 1.00. The lowest BCUT2D eigenvalue weighted by Gasteiger charge is -2.38. The van der Waals surface area contributed by atoms with Gasteiger partial charge in [-0.25, -0.2) is 0 Å². The van der Waals surface area contributed by atoms with Gasteiger partial charge in [-0.05, 0) is 5.11 Å². The van der Waals surface area contributed by atoms with Crippen molar-refractivity contribution < 1.29 is 34.8 Å². The summed E-state index contributed by atoms with van der Waals surface area (Å²) in [6.45, 7) is -1.05. The van der Waals surface area contributed by atoms with Crippen LogP contribution in [-0.2, 0) is 9.47 Å². The maximum absolute atomic E-state index is 10.8. The van der Waals surface area contributed by atoms with Crippen molar-refractivity contribution in [2.45, 2.75) is 30.7 Å². The van der Waals surface area contributed by atoms with Crippen LogP contribution in [0, 0.1) is 5.21 Å². The fourth-order valence-corrected chi connectivity index (χ4v) is 1.40. The van der Waals surface area contributed by atoms with Crippen molar-refractivity contribution in [3.63, 3.8) is 0 Å². The molecule has 4 N–H and O–H groups in total. The predicted octanol–water partition coefficient (Wildman–Crippen LogP) is -2.65. The molecule has 0 aromatic carbocycles. The van der Waals surface area contributed by atoms with E-state index in [1.165, 1.54) is 7.05 Å². The fourth-order valence-electron chi connectivity index (χ4n) is 1.40. The average Bonchev–Trinajstić information content (AvgIpc) is 2.34. The van der Waals surface area contributed by atoms with Gasteiger partial charge in [0.15, 0.2) is 6.29 Å². The minimum atomic E-state index is -1.52. The molecule has 0 bridgehead atoms. The Bertz CT molecular complexity index is 273. The van der Waals surface area contributed by atoms with E-state index in [0.717, 1.165) is 0 Å². The highest BCUT2D eigenvalue weighted by Crippen LogP contribution is 2.21. The van der Waals surface area contributed by atoms with Gasteiger partial charge in [0.25, 0.3) is 6.73 Å². The largest absolute Gasteiger partial charge is 0.598 e. The van der Waals surface area contributed by atoms with Crippen LogP contribution in [0.3, 0.4) is 0 Å². The topological polar surface area (TPSA) is 138 Å². The standard InChI is InChI=1S/C8H16N2O7/c1-9-10(15)3-16-8-7(14)6(13)5(12)4(2-11)17-8/h4-8,11-14H,2-3H2,1H3/t4-,5-,6+,7-,8-/m1/s1. The lowest BCUT2D eigenvalue weighted by atomic mass is 9.99. The molecule has 0 radical (unpaired) electrons. The summed E-state index contributed by atoms with van der Waals surface area (Å²) >= 11 is 0. The first kappa shape index (κ1) is 14.2.